The summed E-state index contributed by atoms with van der Waals surface area (Å²) in [6.07, 6.45) is -17.7. The Bertz CT molecular complexity index is 4520. The van der Waals surface area contributed by atoms with E-state index in [-0.39, 0.29) is 70.4 Å². The summed E-state index contributed by atoms with van der Waals surface area (Å²) in [6.45, 7) is 23.3. The summed E-state index contributed by atoms with van der Waals surface area (Å²) in [4.78, 5) is 325. The van der Waals surface area contributed by atoms with E-state index in [2.05, 4.69) is 90.4 Å². The number of hydrogen-bond acceptors (Lipinski definition) is 33. The van der Waals surface area contributed by atoms with Crippen LogP contribution in [0.4, 0.5) is 0 Å². The Hall–Kier alpha value is -13.1. The summed E-state index contributed by atoms with van der Waals surface area (Å²) in [7, 11) is 0. The smallest absolute Gasteiger partial charge is 0.326 e. The minimum absolute atomic E-state index is 0.0254. The van der Waals surface area contributed by atoms with Gasteiger partial charge < -0.3 is 174 Å². The lowest BCUT2D eigenvalue weighted by Crippen LogP contribution is -2.64. The molecule has 0 aromatic heterocycles. The number of aliphatic hydroxyl groups is 7. The molecule has 28 atom stereocenters. The van der Waals surface area contributed by atoms with Crippen LogP contribution in [0.15, 0.2) is 0 Å². The number of amides is 20. The Kier molecular flexibility index (Phi) is 56.8. The molecule has 0 bridgehead atoms. The van der Waals surface area contributed by atoms with Gasteiger partial charge in [-0.05, 0) is 157 Å². The van der Waals surface area contributed by atoms with Gasteiger partial charge in [-0.15, -0.1) is 0 Å². The Morgan fingerprint density at radius 3 is 1.00 bits per heavy atom. The number of nitrogens with one attached hydrogen (secondary N) is 18. The van der Waals surface area contributed by atoms with Gasteiger partial charge >= 0.3 is 23.9 Å². The van der Waals surface area contributed by atoms with Gasteiger partial charge in [0.15, 0.2) is 0 Å². The molecule has 146 heavy (non-hydrogen) atoms. The summed E-state index contributed by atoms with van der Waals surface area (Å²) in [5.74, 6) is -32.5. The number of carbonyl (C=O) groups is 24. The number of unbranched alkanes of at least 4 members (excludes halogenated alkanes) is 1. The van der Waals surface area contributed by atoms with Gasteiger partial charge in [-0.2, -0.15) is 0 Å². The topological polar surface area (TPSA) is 930 Å². The van der Waals surface area contributed by atoms with Gasteiger partial charge in [0.1, 0.15) is 121 Å². The fourth-order valence-electron chi connectivity index (χ4n) is 14.4. The van der Waals surface area contributed by atoms with Gasteiger partial charge in [-0.1, -0.05) is 61.8 Å². The molecule has 0 aromatic rings. The van der Waals surface area contributed by atoms with Crippen molar-refractivity contribution in [1.82, 2.24) is 101 Å². The third-order valence-corrected chi connectivity index (χ3v) is 23.2. The maximum absolute atomic E-state index is 14.6. The number of primary amides is 1. The van der Waals surface area contributed by atoms with Crippen LogP contribution < -0.4 is 113 Å². The zero-order valence-electron chi connectivity index (χ0n) is 85.1. The average Bonchev–Trinajstić information content (AvgIpc) is 1.65. The summed E-state index contributed by atoms with van der Waals surface area (Å²) in [5.41, 5.74) is 16.9. The second-order valence-electron chi connectivity index (χ2n) is 37.6. The number of nitrogens with zero attached hydrogens (tertiary/aromatic N) is 1. The van der Waals surface area contributed by atoms with Crippen LogP contribution in [0.5, 0.6) is 0 Å². The number of nitrogens with two attached hydrogens (primary N) is 3. The van der Waals surface area contributed by atoms with E-state index in [4.69, 9.17) is 22.3 Å². The highest BCUT2D eigenvalue weighted by Gasteiger charge is 2.46. The number of carboxylic acids is 4. The molecule has 0 unspecified atom stereocenters. The molecule has 35 N–H and O–H groups in total. The third-order valence-electron chi connectivity index (χ3n) is 23.2. The van der Waals surface area contributed by atoms with Gasteiger partial charge in [0.05, 0.1) is 55.6 Å². The molecule has 0 radical (unpaired) electrons. The van der Waals surface area contributed by atoms with Crippen LogP contribution in [-0.2, 0) is 115 Å². The molecular weight excluding hydrogens is 1940 g/mol. The molecule has 57 nitrogen and oxygen atoms in total. The average molecular weight is 2090 g/mol. The van der Waals surface area contributed by atoms with Crippen LogP contribution in [0.1, 0.15) is 215 Å². The first-order chi connectivity index (χ1) is 67.7. The lowest BCUT2D eigenvalue weighted by molar-refractivity contribution is -0.147. The number of carboxylic acid groups (broad SMARTS) is 4. The second kappa shape index (κ2) is 63.4. The van der Waals surface area contributed by atoms with Crippen molar-refractivity contribution in [2.75, 3.05) is 13.1 Å². The van der Waals surface area contributed by atoms with Crippen molar-refractivity contribution >= 4 is 142 Å². The van der Waals surface area contributed by atoms with Crippen LogP contribution in [-0.4, -0.2) is 380 Å². The molecule has 1 saturated heterocycles. The lowest BCUT2D eigenvalue weighted by atomic mass is 9.97. The number of carbonyl (C=O) groups excluding carboxylic acids is 20. The molecule has 1 fully saturated rings. The third kappa shape index (κ3) is 44.9. The number of rotatable bonds is 66. The lowest BCUT2D eigenvalue weighted by Gasteiger charge is -2.33. The van der Waals surface area contributed by atoms with E-state index in [1.165, 1.54) is 34.6 Å². The van der Waals surface area contributed by atoms with Crippen molar-refractivity contribution in [2.24, 2.45) is 40.9 Å². The highest BCUT2D eigenvalue weighted by atomic mass is 16.4. The molecule has 57 heteroatoms. The van der Waals surface area contributed by atoms with Gasteiger partial charge in [0.25, 0.3) is 0 Å². The van der Waals surface area contributed by atoms with Crippen molar-refractivity contribution in [3.8, 4) is 0 Å². The zero-order valence-corrected chi connectivity index (χ0v) is 85.1. The summed E-state index contributed by atoms with van der Waals surface area (Å²) >= 11 is 0. The van der Waals surface area contributed by atoms with E-state index >= 15 is 0 Å². The van der Waals surface area contributed by atoms with Crippen molar-refractivity contribution in [3.05, 3.63) is 0 Å². The molecule has 0 aromatic carbocycles. The minimum atomic E-state index is -2.28. The Labute approximate surface area is 842 Å². The van der Waals surface area contributed by atoms with Crippen LogP contribution in [0.25, 0.3) is 0 Å². The molecule has 1 aliphatic heterocycles. The fourth-order valence-corrected chi connectivity index (χ4v) is 14.4. The molecule has 20 amide bonds. The maximum atomic E-state index is 14.6. The summed E-state index contributed by atoms with van der Waals surface area (Å²) in [6, 6.07) is -35.4. The first-order valence-electron chi connectivity index (χ1n) is 47.8. The quantitative estimate of drug-likeness (QED) is 0.0251. The monoisotopic (exact) mass is 2090 g/mol. The van der Waals surface area contributed by atoms with Crippen LogP contribution in [0, 0.1) is 23.7 Å². The molecule has 1 heterocycles. The normalized spacial score (nSPS) is 18.0. The first kappa shape index (κ1) is 131. The van der Waals surface area contributed by atoms with E-state index in [1.807, 2.05) is 5.32 Å². The Morgan fingerprint density at radius 2 is 0.616 bits per heavy atom. The SMILES string of the molecule is CC[C@H](C)[C@H](NC(=O)[C@H](C)NC(=O)[C@@H](NC(=O)[C@@H](N)[C@@H](C)O)[C@@H](C)O)C(=O)N[C@H](C(=O)N1CCC[C@H]1C(=O)N[C@@H](CCC(=O)O)C(=O)N[C@@H](CC(=O)O)C(=O)N[C@H](C(=O)N[C@H](C(=O)N[C@@H](CCCCN)C(=O)N[C@@H](CC(C)C)C(=O)N[C@@H](CCC(N)=O)C(=O)N[C@H](C(=O)N[C@@H](C)C(=O)N[C@H](C(=O)N[C@H](C(=O)N[C@@H](C)C(=O)N[C@@H](CC(C)C)C(=O)N[C@@H](CC(=O)O)C(=O)O)[C@@H](C)O)C(C)C)[C@@H](C)O)[C@@H](C)O)[C@@H](C)O)[C@@H](C)O. The van der Waals surface area contributed by atoms with Crippen LogP contribution >= 0.6 is 0 Å². The van der Waals surface area contributed by atoms with Crippen LogP contribution in [0.3, 0.4) is 0 Å². The van der Waals surface area contributed by atoms with Crippen molar-refractivity contribution in [3.63, 3.8) is 0 Å². The predicted octanol–water partition coefficient (Wildman–Crippen LogP) is -12.2. The first-order valence-corrected chi connectivity index (χ1v) is 47.8. The van der Waals surface area contributed by atoms with Crippen molar-refractivity contribution in [2.45, 2.75) is 378 Å². The molecule has 1 aliphatic rings. The van der Waals surface area contributed by atoms with E-state index in [0.29, 0.717) is 0 Å². The molecule has 0 saturated carbocycles. The fraction of sp³-hybridized carbons (Fsp3) is 0.730. The van der Waals surface area contributed by atoms with Crippen LogP contribution in [0.2, 0.25) is 0 Å². The van der Waals surface area contributed by atoms with E-state index in [0.717, 1.165) is 60.3 Å². The number of aliphatic hydroxyl groups excluding tert-OH is 7. The Balaban J connectivity index is 3.57. The van der Waals surface area contributed by atoms with Gasteiger partial charge in [-0.25, -0.2) is 4.79 Å². The minimum Gasteiger partial charge on any atom is -0.481 e. The molecule has 1 rings (SSSR count). The summed E-state index contributed by atoms with van der Waals surface area (Å²) < 4.78 is 0. The van der Waals surface area contributed by atoms with Gasteiger partial charge in [-0.3, -0.25) is 110 Å². The highest BCUT2D eigenvalue weighted by Crippen LogP contribution is 2.23. The number of likely N-dealkylation sites (tertiary alicyclic amines) is 1. The largest absolute Gasteiger partial charge is 0.481 e. The van der Waals surface area contributed by atoms with E-state index < -0.39 is 362 Å². The predicted molar refractivity (Wildman–Crippen MR) is 510 cm³/mol. The zero-order chi connectivity index (χ0) is 112. The second-order valence-corrected chi connectivity index (χ2v) is 37.6. The standard InChI is InChI=1S/C89H152N22O35/c1-19-38(8)63(104-72(128)41(11)95-84(140)65(44(14)114)107-80(136)61(92)42(12)112)82(138)110-69(48(18)118)88(144)111-30-22-24-56(111)79(135)97-51(26-28-58(120)121)74(130)101-54(33-59(122)123)78(134)106-68(47(17)117)87(143)109-67(46(16)116)86(142)98-49(23-20-21-29-90)73(129)100-53(32-36(4)5)76(132)96-50(25-27-57(91)119)75(131)105-64(43(13)113)83(139)94-40(10)71(127)103-62(37(6)7)81(137)108-66(45(15)115)85(141)93-39(9)70(126)99-52(31-35(2)3)77(133)102-55(89(145)146)34-60(124)125/h35-56,61-69,112-118H,19-34,90,92H2,1-18H3,(H2,91,119)(H,93,141)(H,94,139)(H,95,140)(H,96,132)(H,97,135)(H,98,142)(H,99,126)(H,100,129)(H,101,130)(H,102,133)(H,103,127)(H,104,128)(H,105,131)(H,106,134)(H,107,136)(H,108,137)(H,109,143)(H,110,138)(H,120,121)(H,122,123)(H,124,125)(H,145,146)/t38-,39-,40-,41-,42+,43+,44+,45+,46+,47+,48+,49-,50-,51-,52-,53-,54-,55-,56-,61-,62-,63-,64-,65-,66-,67-,68-,69-/m0/s1. The molecule has 0 spiro atoms. The molecular formula is C89H152N22O35. The number of hydrogen-bond donors (Lipinski definition) is 32. The highest BCUT2D eigenvalue weighted by molar-refractivity contribution is 6.03. The number of aliphatic carboxylic acids is 4. The van der Waals surface area contributed by atoms with Crippen molar-refractivity contribution in [1.29, 1.82) is 0 Å². The van der Waals surface area contributed by atoms with E-state index in [1.54, 1.807) is 34.6 Å². The van der Waals surface area contributed by atoms with Gasteiger partial charge in [0.2, 0.25) is 118 Å². The van der Waals surface area contributed by atoms with Gasteiger partial charge in [0, 0.05) is 19.4 Å². The van der Waals surface area contributed by atoms with E-state index in [9.17, 15) is 166 Å². The molecule has 828 valence electrons. The van der Waals surface area contributed by atoms with Crippen molar-refractivity contribution < 1.29 is 171 Å². The maximum Gasteiger partial charge on any atom is 0.326 e. The Morgan fingerprint density at radius 1 is 0.315 bits per heavy atom. The summed E-state index contributed by atoms with van der Waals surface area (Å²) in [5, 5.41) is 154. The molecule has 0 aliphatic carbocycles.